The van der Waals surface area contributed by atoms with Gasteiger partial charge in [0.05, 0.1) is 11.4 Å². The van der Waals surface area contributed by atoms with E-state index in [2.05, 4.69) is 44.2 Å². The number of benzene rings is 1. The van der Waals surface area contributed by atoms with Crippen molar-refractivity contribution >= 4 is 17.9 Å². The molecule has 0 spiro atoms. The van der Waals surface area contributed by atoms with Gasteiger partial charge in [-0.05, 0) is 30.7 Å². The smallest absolute Gasteiger partial charge is 0.222 e. The number of fused-ring (bicyclic) bond motifs is 1. The number of rotatable bonds is 6. The Labute approximate surface area is 164 Å². The zero-order valence-corrected chi connectivity index (χ0v) is 15.6. The standard InChI is InChI=1S/C21H24N6O/c28-27-20-12-17(16-6-2-1-3-7-16)11-19-18(20)14-23-21(26-19)22-9-4-5-15-8-10-24-25-13-15/h1-3,6-8,10,13-15,17,24,28H,4-5,9,11-12H2,(H,22,23,26)/b27-20+. The summed E-state index contributed by atoms with van der Waals surface area (Å²) in [7, 11) is 0. The molecule has 4 rings (SSSR count). The molecule has 7 nitrogen and oxygen atoms in total. The molecule has 7 heteroatoms. The third-order valence-electron chi connectivity index (χ3n) is 5.21. The van der Waals surface area contributed by atoms with Gasteiger partial charge in [-0.1, -0.05) is 41.6 Å². The predicted octanol–water partition coefficient (Wildman–Crippen LogP) is 3.30. The summed E-state index contributed by atoms with van der Waals surface area (Å²) in [6.07, 6.45) is 11.2. The average molecular weight is 376 g/mol. The monoisotopic (exact) mass is 376 g/mol. The molecule has 1 aliphatic heterocycles. The minimum atomic E-state index is 0.258. The van der Waals surface area contributed by atoms with Gasteiger partial charge in [-0.2, -0.15) is 5.10 Å². The van der Waals surface area contributed by atoms with E-state index in [1.54, 1.807) is 6.20 Å². The molecule has 3 N–H and O–H groups in total. The van der Waals surface area contributed by atoms with Crippen LogP contribution in [0.1, 0.15) is 42.0 Å². The second kappa shape index (κ2) is 8.65. The molecule has 2 heterocycles. The third-order valence-corrected chi connectivity index (χ3v) is 5.21. The van der Waals surface area contributed by atoms with Crippen molar-refractivity contribution in [3.63, 3.8) is 0 Å². The summed E-state index contributed by atoms with van der Waals surface area (Å²) in [5, 5.41) is 20.3. The number of aromatic nitrogens is 2. The SMILES string of the molecule is O/N=C1\CC(c2ccccc2)Cc2nc(NCCCC3C=CNN=C3)ncc21. The molecule has 0 saturated carbocycles. The predicted molar refractivity (Wildman–Crippen MR) is 110 cm³/mol. The Balaban J connectivity index is 1.41. The molecule has 2 atom stereocenters. The normalized spacial score (nSPS) is 21.9. The van der Waals surface area contributed by atoms with Crippen LogP contribution in [-0.2, 0) is 6.42 Å². The van der Waals surface area contributed by atoms with Gasteiger partial charge < -0.3 is 10.5 Å². The largest absolute Gasteiger partial charge is 0.411 e. The van der Waals surface area contributed by atoms with Gasteiger partial charge in [0.1, 0.15) is 0 Å². The lowest BCUT2D eigenvalue weighted by molar-refractivity contribution is 0.316. The van der Waals surface area contributed by atoms with Crippen molar-refractivity contribution in [2.75, 3.05) is 11.9 Å². The fraction of sp³-hybridized carbons (Fsp3) is 0.333. The van der Waals surface area contributed by atoms with E-state index >= 15 is 0 Å². The number of allylic oxidation sites excluding steroid dienone is 1. The van der Waals surface area contributed by atoms with Gasteiger partial charge in [0, 0.05) is 43.1 Å². The number of hydrazone groups is 1. The lowest BCUT2D eigenvalue weighted by atomic mass is 9.82. The third kappa shape index (κ3) is 4.19. The molecule has 2 aliphatic rings. The second-order valence-corrected chi connectivity index (χ2v) is 7.12. The Bertz CT molecular complexity index is 881. The summed E-state index contributed by atoms with van der Waals surface area (Å²) in [4.78, 5) is 9.11. The number of hydrogen-bond acceptors (Lipinski definition) is 7. The second-order valence-electron chi connectivity index (χ2n) is 7.12. The molecule has 0 fully saturated rings. The van der Waals surface area contributed by atoms with E-state index in [-0.39, 0.29) is 5.92 Å². The molecule has 1 aliphatic carbocycles. The minimum absolute atomic E-state index is 0.258. The summed E-state index contributed by atoms with van der Waals surface area (Å²) in [5.41, 5.74) is 6.47. The van der Waals surface area contributed by atoms with E-state index in [4.69, 9.17) is 4.98 Å². The van der Waals surface area contributed by atoms with Crippen LogP contribution in [0, 0.1) is 5.92 Å². The zero-order valence-electron chi connectivity index (χ0n) is 15.6. The summed E-state index contributed by atoms with van der Waals surface area (Å²) >= 11 is 0. The molecule has 2 aromatic rings. The van der Waals surface area contributed by atoms with Crippen molar-refractivity contribution in [3.8, 4) is 0 Å². The first-order chi connectivity index (χ1) is 13.8. The van der Waals surface area contributed by atoms with Crippen LogP contribution in [0.15, 0.2) is 59.1 Å². The summed E-state index contributed by atoms with van der Waals surface area (Å²) in [6, 6.07) is 10.3. The lowest BCUT2D eigenvalue weighted by Gasteiger charge is -2.25. The van der Waals surface area contributed by atoms with E-state index in [1.165, 1.54) is 5.56 Å². The molecular formula is C21H24N6O. The van der Waals surface area contributed by atoms with E-state index in [1.807, 2.05) is 30.6 Å². The van der Waals surface area contributed by atoms with Crippen molar-refractivity contribution in [2.24, 2.45) is 16.2 Å². The van der Waals surface area contributed by atoms with Crippen LogP contribution in [0.5, 0.6) is 0 Å². The summed E-state index contributed by atoms with van der Waals surface area (Å²) in [5.74, 6) is 1.26. The number of hydrogen-bond donors (Lipinski definition) is 3. The first kappa shape index (κ1) is 18.2. The maximum absolute atomic E-state index is 9.47. The van der Waals surface area contributed by atoms with Crippen molar-refractivity contribution in [2.45, 2.75) is 31.6 Å². The Morgan fingerprint density at radius 3 is 2.89 bits per heavy atom. The summed E-state index contributed by atoms with van der Waals surface area (Å²) in [6.45, 7) is 0.799. The van der Waals surface area contributed by atoms with Crippen LogP contribution >= 0.6 is 0 Å². The number of anilines is 1. The van der Waals surface area contributed by atoms with Gasteiger partial charge in [-0.15, -0.1) is 0 Å². The van der Waals surface area contributed by atoms with E-state index < -0.39 is 0 Å². The number of oxime groups is 1. The van der Waals surface area contributed by atoms with Gasteiger partial charge in [0.2, 0.25) is 5.95 Å². The Morgan fingerprint density at radius 1 is 1.21 bits per heavy atom. The van der Waals surface area contributed by atoms with Crippen LogP contribution in [0.2, 0.25) is 0 Å². The maximum atomic E-state index is 9.47. The van der Waals surface area contributed by atoms with E-state index in [0.29, 0.717) is 24.0 Å². The molecule has 1 aromatic carbocycles. The molecule has 2 unspecified atom stereocenters. The summed E-state index contributed by atoms with van der Waals surface area (Å²) < 4.78 is 0. The molecule has 1 aromatic heterocycles. The van der Waals surface area contributed by atoms with E-state index in [0.717, 1.165) is 37.1 Å². The molecule has 0 bridgehead atoms. The van der Waals surface area contributed by atoms with Crippen LogP contribution in [-0.4, -0.2) is 33.6 Å². The van der Waals surface area contributed by atoms with Crippen LogP contribution in [0.3, 0.4) is 0 Å². The van der Waals surface area contributed by atoms with Gasteiger partial charge in [-0.25, -0.2) is 9.97 Å². The molecule has 0 radical (unpaired) electrons. The molecule has 144 valence electrons. The van der Waals surface area contributed by atoms with Crippen LogP contribution < -0.4 is 10.7 Å². The molecular weight excluding hydrogens is 352 g/mol. The van der Waals surface area contributed by atoms with Gasteiger partial charge in [0.15, 0.2) is 0 Å². The lowest BCUT2D eigenvalue weighted by Crippen LogP contribution is -2.22. The van der Waals surface area contributed by atoms with Crippen molar-refractivity contribution in [1.29, 1.82) is 0 Å². The Hall–Kier alpha value is -3.22. The Kier molecular flexibility index (Phi) is 5.61. The highest BCUT2D eigenvalue weighted by atomic mass is 16.4. The average Bonchev–Trinajstić information content (AvgIpc) is 2.77. The van der Waals surface area contributed by atoms with Gasteiger partial charge in [0.25, 0.3) is 0 Å². The maximum Gasteiger partial charge on any atom is 0.222 e. The van der Waals surface area contributed by atoms with Gasteiger partial charge >= 0.3 is 0 Å². The molecule has 28 heavy (non-hydrogen) atoms. The highest BCUT2D eigenvalue weighted by Crippen LogP contribution is 2.32. The minimum Gasteiger partial charge on any atom is -0.411 e. The van der Waals surface area contributed by atoms with Crippen molar-refractivity contribution < 1.29 is 5.21 Å². The van der Waals surface area contributed by atoms with Crippen molar-refractivity contribution in [3.05, 3.63) is 65.6 Å². The highest BCUT2D eigenvalue weighted by Gasteiger charge is 2.27. The van der Waals surface area contributed by atoms with Crippen LogP contribution in [0.4, 0.5) is 5.95 Å². The first-order valence-corrected chi connectivity index (χ1v) is 9.65. The van der Waals surface area contributed by atoms with Crippen LogP contribution in [0.25, 0.3) is 0 Å². The number of nitrogens with one attached hydrogen (secondary N) is 2. The van der Waals surface area contributed by atoms with E-state index in [9.17, 15) is 5.21 Å². The molecule has 0 saturated heterocycles. The quantitative estimate of drug-likeness (QED) is 0.408. The van der Waals surface area contributed by atoms with Gasteiger partial charge in [-0.3, -0.25) is 5.43 Å². The first-order valence-electron chi connectivity index (χ1n) is 9.65. The molecule has 0 amide bonds. The highest BCUT2D eigenvalue weighted by molar-refractivity contribution is 6.02. The fourth-order valence-electron chi connectivity index (χ4n) is 3.71. The Morgan fingerprint density at radius 2 is 2.11 bits per heavy atom. The number of nitrogens with zero attached hydrogens (tertiary/aromatic N) is 4. The fourth-order valence-corrected chi connectivity index (χ4v) is 3.71. The van der Waals surface area contributed by atoms with Crippen molar-refractivity contribution in [1.82, 2.24) is 15.4 Å². The topological polar surface area (TPSA) is 94.8 Å². The zero-order chi connectivity index (χ0) is 19.2.